The summed E-state index contributed by atoms with van der Waals surface area (Å²) in [7, 11) is 1.58. The Morgan fingerprint density at radius 2 is 2.27 bits per heavy atom. The first-order chi connectivity index (χ1) is 7.24. The van der Waals surface area contributed by atoms with Gasteiger partial charge in [-0.1, -0.05) is 6.07 Å². The Bertz CT molecular complexity index is 352. The zero-order chi connectivity index (χ0) is 11.3. The smallest absolute Gasteiger partial charge is 0.167 e. The van der Waals surface area contributed by atoms with Crippen LogP contribution in [0.15, 0.2) is 23.1 Å². The third kappa shape index (κ3) is 2.73. The van der Waals surface area contributed by atoms with Gasteiger partial charge in [-0.15, -0.1) is 11.8 Å². The lowest BCUT2D eigenvalue weighted by atomic mass is 10.1. The Balaban J connectivity index is 3.11. The summed E-state index contributed by atoms with van der Waals surface area (Å²) < 4.78 is 5.25. The van der Waals surface area contributed by atoms with Crippen molar-refractivity contribution in [1.29, 1.82) is 0 Å². The SMILES string of the molecule is COc1c(SC)cccc1C(=O)CCN. The number of nitrogens with two attached hydrogens (primary N) is 1. The molecule has 15 heavy (non-hydrogen) atoms. The van der Waals surface area contributed by atoms with Crippen LogP contribution in [0.1, 0.15) is 16.8 Å². The summed E-state index contributed by atoms with van der Waals surface area (Å²) in [4.78, 5) is 12.7. The van der Waals surface area contributed by atoms with E-state index in [1.165, 1.54) is 0 Å². The quantitative estimate of drug-likeness (QED) is 0.614. The molecule has 0 amide bonds. The molecule has 0 aliphatic heterocycles. The lowest BCUT2D eigenvalue weighted by Crippen LogP contribution is -2.09. The molecular formula is C11H15NO2S. The van der Waals surface area contributed by atoms with Crippen molar-refractivity contribution in [3.05, 3.63) is 23.8 Å². The predicted molar refractivity (Wildman–Crippen MR) is 62.8 cm³/mol. The van der Waals surface area contributed by atoms with Gasteiger partial charge in [0.05, 0.1) is 12.7 Å². The van der Waals surface area contributed by atoms with E-state index in [-0.39, 0.29) is 5.78 Å². The number of rotatable bonds is 5. The van der Waals surface area contributed by atoms with Crippen LogP contribution in [0.25, 0.3) is 0 Å². The molecule has 2 N–H and O–H groups in total. The molecule has 0 spiro atoms. The molecule has 1 aromatic carbocycles. The van der Waals surface area contributed by atoms with E-state index in [4.69, 9.17) is 10.5 Å². The molecule has 0 saturated carbocycles. The summed E-state index contributed by atoms with van der Waals surface area (Å²) >= 11 is 1.56. The molecule has 0 radical (unpaired) electrons. The van der Waals surface area contributed by atoms with Crippen LogP contribution < -0.4 is 10.5 Å². The Morgan fingerprint density at radius 1 is 1.53 bits per heavy atom. The number of benzene rings is 1. The average molecular weight is 225 g/mol. The lowest BCUT2D eigenvalue weighted by Gasteiger charge is -2.10. The highest BCUT2D eigenvalue weighted by molar-refractivity contribution is 7.98. The first-order valence-electron chi connectivity index (χ1n) is 4.68. The molecule has 0 fully saturated rings. The fourth-order valence-corrected chi connectivity index (χ4v) is 1.97. The largest absolute Gasteiger partial charge is 0.495 e. The van der Waals surface area contributed by atoms with Crippen LogP contribution in [0.5, 0.6) is 5.75 Å². The highest BCUT2D eigenvalue weighted by atomic mass is 32.2. The van der Waals surface area contributed by atoms with Gasteiger partial charge >= 0.3 is 0 Å². The van der Waals surface area contributed by atoms with E-state index >= 15 is 0 Å². The van der Waals surface area contributed by atoms with Gasteiger partial charge in [-0.3, -0.25) is 4.79 Å². The molecule has 0 unspecified atom stereocenters. The number of thioether (sulfide) groups is 1. The van der Waals surface area contributed by atoms with E-state index in [9.17, 15) is 4.79 Å². The Labute approximate surface area is 94.0 Å². The molecule has 3 nitrogen and oxygen atoms in total. The van der Waals surface area contributed by atoms with Gasteiger partial charge in [-0.05, 0) is 24.9 Å². The molecule has 0 aliphatic carbocycles. The van der Waals surface area contributed by atoms with Crippen molar-refractivity contribution in [1.82, 2.24) is 0 Å². The van der Waals surface area contributed by atoms with Crippen LogP contribution in [-0.4, -0.2) is 25.7 Å². The summed E-state index contributed by atoms with van der Waals surface area (Å²) in [6, 6.07) is 5.57. The standard InChI is InChI=1S/C11H15NO2S/c1-14-11-8(9(13)6-7-12)4-3-5-10(11)15-2/h3-5H,6-7,12H2,1-2H3. The summed E-state index contributed by atoms with van der Waals surface area (Å²) in [5, 5.41) is 0. The van der Waals surface area contributed by atoms with Crippen molar-refractivity contribution in [2.45, 2.75) is 11.3 Å². The first kappa shape index (κ1) is 12.1. The molecule has 4 heteroatoms. The lowest BCUT2D eigenvalue weighted by molar-refractivity contribution is 0.0982. The minimum absolute atomic E-state index is 0.0326. The van der Waals surface area contributed by atoms with Gasteiger partial charge in [0, 0.05) is 11.3 Å². The second kappa shape index (κ2) is 5.78. The van der Waals surface area contributed by atoms with Gasteiger partial charge in [-0.25, -0.2) is 0 Å². The molecule has 0 aliphatic rings. The molecule has 82 valence electrons. The normalized spacial score (nSPS) is 10.1. The molecule has 0 aromatic heterocycles. The van der Waals surface area contributed by atoms with Crippen LogP contribution in [0.2, 0.25) is 0 Å². The molecule has 1 aromatic rings. The Hall–Kier alpha value is -1.00. The fraction of sp³-hybridized carbons (Fsp3) is 0.364. The number of ketones is 1. The van der Waals surface area contributed by atoms with E-state index in [0.29, 0.717) is 24.3 Å². The van der Waals surface area contributed by atoms with Crippen LogP contribution >= 0.6 is 11.8 Å². The van der Waals surface area contributed by atoms with Crippen molar-refractivity contribution in [3.8, 4) is 5.75 Å². The van der Waals surface area contributed by atoms with Crippen LogP contribution in [-0.2, 0) is 0 Å². The third-order valence-corrected chi connectivity index (χ3v) is 2.84. The fourth-order valence-electron chi connectivity index (χ4n) is 1.37. The maximum atomic E-state index is 11.7. The van der Waals surface area contributed by atoms with Crippen LogP contribution in [0, 0.1) is 0 Å². The molecule has 0 saturated heterocycles. The van der Waals surface area contributed by atoms with E-state index < -0.39 is 0 Å². The number of hydrogen-bond acceptors (Lipinski definition) is 4. The first-order valence-corrected chi connectivity index (χ1v) is 5.91. The number of methoxy groups -OCH3 is 1. The van der Waals surface area contributed by atoms with Crippen LogP contribution in [0.4, 0.5) is 0 Å². The topological polar surface area (TPSA) is 52.3 Å². The summed E-state index contributed by atoms with van der Waals surface area (Å²) in [6.07, 6.45) is 2.31. The van der Waals surface area contributed by atoms with Gasteiger partial charge in [0.25, 0.3) is 0 Å². The van der Waals surface area contributed by atoms with E-state index in [0.717, 1.165) is 4.90 Å². The number of Topliss-reactive ketones (excluding diaryl/α,β-unsaturated/α-hetero) is 1. The minimum Gasteiger partial charge on any atom is -0.495 e. The van der Waals surface area contributed by atoms with Gasteiger partial charge in [-0.2, -0.15) is 0 Å². The number of carbonyl (C=O) groups is 1. The van der Waals surface area contributed by atoms with Gasteiger partial charge < -0.3 is 10.5 Å². The van der Waals surface area contributed by atoms with Gasteiger partial charge in [0.2, 0.25) is 0 Å². The second-order valence-electron chi connectivity index (χ2n) is 3.00. The summed E-state index contributed by atoms with van der Waals surface area (Å²) in [6.45, 7) is 0.367. The maximum Gasteiger partial charge on any atom is 0.167 e. The zero-order valence-electron chi connectivity index (χ0n) is 8.95. The monoisotopic (exact) mass is 225 g/mol. The molecule has 0 heterocycles. The van der Waals surface area contributed by atoms with Crippen molar-refractivity contribution in [2.24, 2.45) is 5.73 Å². The molecule has 0 atom stereocenters. The third-order valence-electron chi connectivity index (χ3n) is 2.07. The highest BCUT2D eigenvalue weighted by Crippen LogP contribution is 2.31. The highest BCUT2D eigenvalue weighted by Gasteiger charge is 2.14. The minimum atomic E-state index is 0.0326. The molecule has 0 bridgehead atoms. The van der Waals surface area contributed by atoms with E-state index in [1.54, 1.807) is 24.9 Å². The summed E-state index contributed by atoms with van der Waals surface area (Å²) in [5.74, 6) is 0.689. The Kier molecular flexibility index (Phi) is 4.65. The van der Waals surface area contributed by atoms with Gasteiger partial charge in [0.15, 0.2) is 5.78 Å². The van der Waals surface area contributed by atoms with Crippen molar-refractivity contribution >= 4 is 17.5 Å². The van der Waals surface area contributed by atoms with Crippen molar-refractivity contribution < 1.29 is 9.53 Å². The van der Waals surface area contributed by atoms with Crippen LogP contribution in [0.3, 0.4) is 0 Å². The second-order valence-corrected chi connectivity index (χ2v) is 3.85. The van der Waals surface area contributed by atoms with Crippen molar-refractivity contribution in [2.75, 3.05) is 19.9 Å². The molecule has 1 rings (SSSR count). The maximum absolute atomic E-state index is 11.7. The number of ether oxygens (including phenoxy) is 1. The van der Waals surface area contributed by atoms with E-state index in [2.05, 4.69) is 0 Å². The zero-order valence-corrected chi connectivity index (χ0v) is 9.76. The predicted octanol–water partition coefficient (Wildman–Crippen LogP) is 1.95. The van der Waals surface area contributed by atoms with Gasteiger partial charge in [0.1, 0.15) is 5.75 Å². The number of para-hydroxylation sites is 1. The molecular weight excluding hydrogens is 210 g/mol. The van der Waals surface area contributed by atoms with Crippen molar-refractivity contribution in [3.63, 3.8) is 0 Å². The average Bonchev–Trinajstić information content (AvgIpc) is 2.28. The Morgan fingerprint density at radius 3 is 2.80 bits per heavy atom. The number of carbonyl (C=O) groups excluding carboxylic acids is 1. The van der Waals surface area contributed by atoms with E-state index in [1.807, 2.05) is 18.4 Å². The summed E-state index contributed by atoms with van der Waals surface area (Å²) in [5.41, 5.74) is 5.98. The number of hydrogen-bond donors (Lipinski definition) is 1.